The van der Waals surface area contributed by atoms with Gasteiger partial charge in [-0.05, 0) is 30.3 Å². The van der Waals surface area contributed by atoms with E-state index in [2.05, 4.69) is 15.3 Å². The molecule has 2 aromatic carbocycles. The van der Waals surface area contributed by atoms with E-state index >= 15 is 0 Å². The van der Waals surface area contributed by atoms with E-state index in [1.807, 2.05) is 47.0 Å². The number of carbonyl (C=O) groups excluding carboxylic acids is 1. The molecule has 1 amide bonds. The van der Waals surface area contributed by atoms with Crippen molar-refractivity contribution in [3.8, 4) is 0 Å². The molecular weight excluding hydrogens is 304 g/mol. The molecule has 0 aliphatic carbocycles. The molecule has 0 aliphatic heterocycles. The van der Waals surface area contributed by atoms with Gasteiger partial charge in [-0.25, -0.2) is 9.97 Å². The molecule has 0 atom stereocenters. The summed E-state index contributed by atoms with van der Waals surface area (Å²) in [6, 6.07) is 13.3. The van der Waals surface area contributed by atoms with E-state index in [4.69, 9.17) is 4.42 Å². The van der Waals surface area contributed by atoms with Crippen molar-refractivity contribution in [1.29, 1.82) is 0 Å². The lowest BCUT2D eigenvalue weighted by Gasteiger charge is -2.06. The smallest absolute Gasteiger partial charge is 0.226 e. The fourth-order valence-corrected chi connectivity index (χ4v) is 2.75. The normalized spacial score (nSPS) is 11.2. The van der Waals surface area contributed by atoms with Gasteiger partial charge in [0.15, 0.2) is 11.5 Å². The standard InChI is InChI=1S/C18H16N4O2/c1-12-20-15-10-13(6-7-17(15)24-12)21-18(23)8-9-22-11-19-14-4-2-3-5-16(14)22/h2-7,10-11H,8-9H2,1H3,(H,21,23). The van der Waals surface area contributed by atoms with Crippen LogP contribution in [-0.2, 0) is 11.3 Å². The van der Waals surface area contributed by atoms with Gasteiger partial charge in [-0.2, -0.15) is 0 Å². The maximum absolute atomic E-state index is 12.2. The summed E-state index contributed by atoms with van der Waals surface area (Å²) < 4.78 is 7.42. The number of nitrogens with one attached hydrogen (secondary N) is 1. The number of amides is 1. The summed E-state index contributed by atoms with van der Waals surface area (Å²) in [7, 11) is 0. The number of rotatable bonds is 4. The number of hydrogen-bond acceptors (Lipinski definition) is 4. The largest absolute Gasteiger partial charge is 0.441 e. The fraction of sp³-hybridized carbons (Fsp3) is 0.167. The van der Waals surface area contributed by atoms with Crippen LogP contribution in [-0.4, -0.2) is 20.4 Å². The van der Waals surface area contributed by atoms with Crippen LogP contribution < -0.4 is 5.32 Å². The molecule has 0 spiro atoms. The molecule has 6 nitrogen and oxygen atoms in total. The Balaban J connectivity index is 1.44. The average molecular weight is 320 g/mol. The number of anilines is 1. The molecule has 120 valence electrons. The molecule has 24 heavy (non-hydrogen) atoms. The molecule has 6 heteroatoms. The predicted octanol–water partition coefficient (Wildman–Crippen LogP) is 3.51. The quantitative estimate of drug-likeness (QED) is 0.624. The Morgan fingerprint density at radius 3 is 3.00 bits per heavy atom. The number of aromatic nitrogens is 3. The van der Waals surface area contributed by atoms with Crippen molar-refractivity contribution in [2.45, 2.75) is 19.9 Å². The van der Waals surface area contributed by atoms with Crippen molar-refractivity contribution >= 4 is 33.7 Å². The first-order valence-electron chi connectivity index (χ1n) is 7.76. The number of imidazole rings is 1. The number of para-hydroxylation sites is 2. The topological polar surface area (TPSA) is 73.0 Å². The second kappa shape index (κ2) is 5.81. The van der Waals surface area contributed by atoms with Crippen LogP contribution in [0.15, 0.2) is 53.2 Å². The Labute approximate surface area is 138 Å². The summed E-state index contributed by atoms with van der Waals surface area (Å²) in [6.07, 6.45) is 2.14. The molecule has 0 unspecified atom stereocenters. The van der Waals surface area contributed by atoms with E-state index in [0.717, 1.165) is 27.8 Å². The minimum Gasteiger partial charge on any atom is -0.441 e. The van der Waals surface area contributed by atoms with E-state index < -0.39 is 0 Å². The Bertz CT molecular complexity index is 1030. The molecule has 0 saturated carbocycles. The predicted molar refractivity (Wildman–Crippen MR) is 91.7 cm³/mol. The summed E-state index contributed by atoms with van der Waals surface area (Å²) in [5.41, 5.74) is 4.15. The molecule has 4 aromatic rings. The molecule has 0 aliphatic rings. The van der Waals surface area contributed by atoms with E-state index in [0.29, 0.717) is 18.9 Å². The van der Waals surface area contributed by atoms with Crippen LogP contribution in [0.2, 0.25) is 0 Å². The monoisotopic (exact) mass is 320 g/mol. The lowest BCUT2D eigenvalue weighted by molar-refractivity contribution is -0.116. The summed E-state index contributed by atoms with van der Waals surface area (Å²) in [5, 5.41) is 2.90. The number of nitrogens with zero attached hydrogens (tertiary/aromatic N) is 3. The van der Waals surface area contributed by atoms with E-state index in [9.17, 15) is 4.79 Å². The molecule has 0 bridgehead atoms. The molecular formula is C18H16N4O2. The Hall–Kier alpha value is -3.15. The Morgan fingerprint density at radius 1 is 1.21 bits per heavy atom. The molecule has 0 saturated heterocycles. The minimum atomic E-state index is -0.0488. The van der Waals surface area contributed by atoms with Crippen LogP contribution in [0, 0.1) is 6.92 Å². The first-order chi connectivity index (χ1) is 11.7. The second-order valence-electron chi connectivity index (χ2n) is 5.64. The Morgan fingerprint density at radius 2 is 2.08 bits per heavy atom. The lowest BCUT2D eigenvalue weighted by Crippen LogP contribution is -2.14. The van der Waals surface area contributed by atoms with E-state index in [1.54, 1.807) is 13.3 Å². The number of fused-ring (bicyclic) bond motifs is 2. The van der Waals surface area contributed by atoms with Gasteiger partial charge in [-0.1, -0.05) is 12.1 Å². The van der Waals surface area contributed by atoms with Gasteiger partial charge in [0.1, 0.15) is 5.52 Å². The molecule has 0 radical (unpaired) electrons. The zero-order chi connectivity index (χ0) is 16.5. The van der Waals surface area contributed by atoms with Crippen molar-refractivity contribution in [2.75, 3.05) is 5.32 Å². The highest BCUT2D eigenvalue weighted by Gasteiger charge is 2.08. The summed E-state index contributed by atoms with van der Waals surface area (Å²) in [4.78, 5) is 20.8. The highest BCUT2D eigenvalue weighted by molar-refractivity contribution is 5.92. The van der Waals surface area contributed by atoms with Gasteiger partial charge >= 0.3 is 0 Å². The van der Waals surface area contributed by atoms with Gasteiger partial charge in [-0.3, -0.25) is 4.79 Å². The van der Waals surface area contributed by atoms with Gasteiger partial charge in [-0.15, -0.1) is 0 Å². The van der Waals surface area contributed by atoms with Crippen molar-refractivity contribution in [1.82, 2.24) is 14.5 Å². The van der Waals surface area contributed by atoms with Gasteiger partial charge in [0, 0.05) is 25.6 Å². The van der Waals surface area contributed by atoms with Crippen molar-refractivity contribution in [3.05, 3.63) is 54.7 Å². The van der Waals surface area contributed by atoms with Crippen molar-refractivity contribution < 1.29 is 9.21 Å². The summed E-state index contributed by atoms with van der Waals surface area (Å²) in [5.74, 6) is 0.563. The van der Waals surface area contributed by atoms with Gasteiger partial charge in [0.2, 0.25) is 5.91 Å². The number of carbonyl (C=O) groups is 1. The van der Waals surface area contributed by atoms with Crippen molar-refractivity contribution in [3.63, 3.8) is 0 Å². The molecule has 2 aromatic heterocycles. The third-order valence-electron chi connectivity index (χ3n) is 3.89. The first-order valence-corrected chi connectivity index (χ1v) is 7.76. The molecule has 4 rings (SSSR count). The summed E-state index contributed by atoms with van der Waals surface area (Å²) >= 11 is 0. The van der Waals surface area contributed by atoms with Crippen LogP contribution in [0.25, 0.3) is 22.1 Å². The second-order valence-corrected chi connectivity index (χ2v) is 5.64. The highest BCUT2D eigenvalue weighted by atomic mass is 16.3. The third-order valence-corrected chi connectivity index (χ3v) is 3.89. The Kier molecular flexibility index (Phi) is 3.49. The molecule has 1 N–H and O–H groups in total. The lowest BCUT2D eigenvalue weighted by atomic mass is 10.2. The zero-order valence-electron chi connectivity index (χ0n) is 13.2. The van der Waals surface area contributed by atoms with E-state index in [-0.39, 0.29) is 5.91 Å². The number of oxazole rings is 1. The molecule has 0 fully saturated rings. The van der Waals surface area contributed by atoms with Gasteiger partial charge in [0.25, 0.3) is 0 Å². The van der Waals surface area contributed by atoms with Crippen LogP contribution in [0.1, 0.15) is 12.3 Å². The zero-order valence-corrected chi connectivity index (χ0v) is 13.2. The number of benzene rings is 2. The number of aryl methyl sites for hydroxylation is 2. The van der Waals surface area contributed by atoms with Crippen LogP contribution in [0.4, 0.5) is 5.69 Å². The van der Waals surface area contributed by atoms with E-state index in [1.165, 1.54) is 0 Å². The number of hydrogen-bond donors (Lipinski definition) is 1. The maximum Gasteiger partial charge on any atom is 0.226 e. The molecule has 2 heterocycles. The SMILES string of the molecule is Cc1nc2cc(NC(=O)CCn3cnc4ccccc43)ccc2o1. The first kappa shape index (κ1) is 14.4. The maximum atomic E-state index is 12.2. The fourth-order valence-electron chi connectivity index (χ4n) is 2.75. The minimum absolute atomic E-state index is 0.0488. The van der Waals surface area contributed by atoms with Crippen LogP contribution in [0.3, 0.4) is 0 Å². The van der Waals surface area contributed by atoms with Gasteiger partial charge < -0.3 is 14.3 Å². The average Bonchev–Trinajstić information content (AvgIpc) is 3.15. The summed E-state index contributed by atoms with van der Waals surface area (Å²) in [6.45, 7) is 2.38. The van der Waals surface area contributed by atoms with Crippen LogP contribution >= 0.6 is 0 Å². The third kappa shape index (κ3) is 2.74. The van der Waals surface area contributed by atoms with Crippen molar-refractivity contribution in [2.24, 2.45) is 0 Å². The van der Waals surface area contributed by atoms with Gasteiger partial charge in [0.05, 0.1) is 17.4 Å². The highest BCUT2D eigenvalue weighted by Crippen LogP contribution is 2.20. The van der Waals surface area contributed by atoms with Crippen LogP contribution in [0.5, 0.6) is 0 Å².